The second-order valence-electron chi connectivity index (χ2n) is 8.61. The predicted octanol–water partition coefficient (Wildman–Crippen LogP) is 3.58. The molecule has 2 aliphatic heterocycles. The zero-order valence-corrected chi connectivity index (χ0v) is 18.2. The minimum absolute atomic E-state index is 0.211. The van der Waals surface area contributed by atoms with Crippen molar-refractivity contribution in [2.75, 3.05) is 33.4 Å². The number of benzene rings is 1. The monoisotopic (exact) mass is 411 g/mol. The molecule has 162 valence electrons. The lowest BCUT2D eigenvalue weighted by Gasteiger charge is -2.33. The lowest BCUT2D eigenvalue weighted by molar-refractivity contribution is -0.131. The van der Waals surface area contributed by atoms with Gasteiger partial charge < -0.3 is 18.9 Å². The van der Waals surface area contributed by atoms with Crippen LogP contribution in [0.25, 0.3) is 0 Å². The maximum Gasteiger partial charge on any atom is 0.226 e. The first-order valence-electron chi connectivity index (χ1n) is 11.1. The largest absolute Gasteiger partial charge is 0.497 e. The van der Waals surface area contributed by atoms with Gasteiger partial charge in [-0.15, -0.1) is 0 Å². The fraction of sp³-hybridized carbons (Fsp3) is 0.583. The molecule has 0 unspecified atom stereocenters. The molecule has 1 amide bonds. The Morgan fingerprint density at radius 3 is 2.70 bits per heavy atom. The van der Waals surface area contributed by atoms with Gasteiger partial charge in [-0.3, -0.25) is 4.79 Å². The summed E-state index contributed by atoms with van der Waals surface area (Å²) in [6.07, 6.45) is 6.68. The Bertz CT molecular complexity index is 849. The number of rotatable bonds is 6. The molecule has 0 N–H and O–H groups in total. The Morgan fingerprint density at radius 2 is 1.97 bits per heavy atom. The van der Waals surface area contributed by atoms with Gasteiger partial charge in [0.1, 0.15) is 11.6 Å². The number of ether oxygens (including phenoxy) is 2. The molecule has 0 bridgehead atoms. The van der Waals surface area contributed by atoms with E-state index in [0.717, 1.165) is 69.8 Å². The summed E-state index contributed by atoms with van der Waals surface area (Å²) in [4.78, 5) is 19.5. The predicted molar refractivity (Wildman–Crippen MR) is 116 cm³/mol. The van der Waals surface area contributed by atoms with E-state index in [2.05, 4.69) is 11.5 Å². The number of nitrogens with zero attached hydrogens (tertiary/aromatic N) is 3. The first kappa shape index (κ1) is 20.9. The second-order valence-corrected chi connectivity index (χ2v) is 8.61. The highest BCUT2D eigenvalue weighted by Gasteiger charge is 2.26. The van der Waals surface area contributed by atoms with Gasteiger partial charge in [0, 0.05) is 50.7 Å². The second kappa shape index (κ2) is 9.65. The van der Waals surface area contributed by atoms with Crippen LogP contribution in [0.4, 0.5) is 0 Å². The summed E-state index contributed by atoms with van der Waals surface area (Å²) < 4.78 is 13.2. The maximum absolute atomic E-state index is 12.8. The third kappa shape index (κ3) is 4.86. The first-order chi connectivity index (χ1) is 14.6. The van der Waals surface area contributed by atoms with E-state index >= 15 is 0 Å². The van der Waals surface area contributed by atoms with Gasteiger partial charge in [-0.05, 0) is 56.2 Å². The number of hydrogen-bond acceptors (Lipinski definition) is 4. The van der Waals surface area contributed by atoms with Crippen molar-refractivity contribution in [3.05, 3.63) is 47.5 Å². The van der Waals surface area contributed by atoms with Crippen molar-refractivity contribution in [2.45, 2.75) is 51.5 Å². The van der Waals surface area contributed by atoms with E-state index in [4.69, 9.17) is 14.5 Å². The topological polar surface area (TPSA) is 56.6 Å². The molecule has 6 heteroatoms. The number of imidazole rings is 1. The molecular weight excluding hydrogens is 378 g/mol. The molecule has 2 fully saturated rings. The van der Waals surface area contributed by atoms with Crippen LogP contribution in [0.3, 0.4) is 0 Å². The minimum atomic E-state index is 0.211. The number of carbonyl (C=O) groups excluding carboxylic acids is 1. The number of aryl methyl sites for hydroxylation is 1. The Kier molecular flexibility index (Phi) is 6.72. The summed E-state index contributed by atoms with van der Waals surface area (Å²) in [5.41, 5.74) is 2.25. The quantitative estimate of drug-likeness (QED) is 0.729. The fourth-order valence-corrected chi connectivity index (χ4v) is 4.69. The van der Waals surface area contributed by atoms with Gasteiger partial charge in [-0.2, -0.15) is 0 Å². The first-order valence-corrected chi connectivity index (χ1v) is 11.1. The summed E-state index contributed by atoms with van der Waals surface area (Å²) in [7, 11) is 1.65. The molecular formula is C24H33N3O3. The molecule has 2 aromatic rings. The van der Waals surface area contributed by atoms with Crippen molar-refractivity contribution in [1.29, 1.82) is 0 Å². The van der Waals surface area contributed by atoms with Gasteiger partial charge >= 0.3 is 0 Å². The van der Waals surface area contributed by atoms with Crippen LogP contribution in [0.1, 0.15) is 48.7 Å². The zero-order chi connectivity index (χ0) is 20.9. The minimum Gasteiger partial charge on any atom is -0.497 e. The van der Waals surface area contributed by atoms with Crippen molar-refractivity contribution in [2.24, 2.45) is 5.92 Å². The molecule has 0 atom stereocenters. The summed E-state index contributed by atoms with van der Waals surface area (Å²) in [6.45, 7) is 6.52. The number of carbonyl (C=O) groups is 1. The van der Waals surface area contributed by atoms with Crippen LogP contribution < -0.4 is 4.74 Å². The smallest absolute Gasteiger partial charge is 0.226 e. The lowest BCUT2D eigenvalue weighted by Crippen LogP contribution is -2.40. The highest BCUT2D eigenvalue weighted by molar-refractivity contribution is 5.79. The Hall–Kier alpha value is -2.34. The van der Waals surface area contributed by atoms with Crippen molar-refractivity contribution < 1.29 is 14.3 Å². The molecule has 1 aromatic carbocycles. The van der Waals surface area contributed by atoms with Crippen LogP contribution in [-0.2, 0) is 22.5 Å². The van der Waals surface area contributed by atoms with E-state index in [-0.39, 0.29) is 5.91 Å². The summed E-state index contributed by atoms with van der Waals surface area (Å²) in [5.74, 6) is 3.35. The summed E-state index contributed by atoms with van der Waals surface area (Å²) in [5, 5.41) is 0. The average molecular weight is 412 g/mol. The van der Waals surface area contributed by atoms with Crippen LogP contribution >= 0.6 is 0 Å². The molecule has 0 radical (unpaired) electrons. The van der Waals surface area contributed by atoms with Crippen molar-refractivity contribution in [1.82, 2.24) is 14.5 Å². The van der Waals surface area contributed by atoms with E-state index in [1.807, 2.05) is 35.4 Å². The molecule has 3 heterocycles. The molecule has 2 saturated heterocycles. The lowest BCUT2D eigenvalue weighted by atomic mass is 9.95. The summed E-state index contributed by atoms with van der Waals surface area (Å²) >= 11 is 0. The molecule has 6 nitrogen and oxygen atoms in total. The van der Waals surface area contributed by atoms with Gasteiger partial charge in [-0.1, -0.05) is 12.1 Å². The zero-order valence-electron chi connectivity index (χ0n) is 18.2. The average Bonchev–Trinajstić information content (AvgIpc) is 3.15. The van der Waals surface area contributed by atoms with Crippen LogP contribution in [0, 0.1) is 12.8 Å². The maximum atomic E-state index is 12.8. The standard InChI is InChI=1S/C24H33N3O3/c1-18-16-25-24(21-8-12-30-13-9-21)27(18)17-19-6-10-26(11-7-19)23(28)15-20-4-3-5-22(14-20)29-2/h3-5,14,16,19,21H,6-13,15,17H2,1-2H3. The van der Waals surface area contributed by atoms with Crippen LogP contribution in [-0.4, -0.2) is 53.8 Å². The van der Waals surface area contributed by atoms with Gasteiger partial charge in [0.05, 0.1) is 13.5 Å². The highest BCUT2D eigenvalue weighted by Crippen LogP contribution is 2.29. The highest BCUT2D eigenvalue weighted by atomic mass is 16.5. The van der Waals surface area contributed by atoms with E-state index in [1.165, 1.54) is 11.5 Å². The normalized spacial score (nSPS) is 18.5. The van der Waals surface area contributed by atoms with Crippen molar-refractivity contribution >= 4 is 5.91 Å². The van der Waals surface area contributed by atoms with E-state index in [9.17, 15) is 4.79 Å². The van der Waals surface area contributed by atoms with Crippen LogP contribution in [0.15, 0.2) is 30.5 Å². The molecule has 0 spiro atoms. The number of aromatic nitrogens is 2. The van der Waals surface area contributed by atoms with Gasteiger partial charge in [0.25, 0.3) is 0 Å². The SMILES string of the molecule is COc1cccc(CC(=O)N2CCC(Cn3c(C)cnc3C3CCOCC3)CC2)c1. The summed E-state index contributed by atoms with van der Waals surface area (Å²) in [6, 6.07) is 7.79. The Balaban J connectivity index is 1.32. The third-order valence-corrected chi connectivity index (χ3v) is 6.57. The molecule has 2 aliphatic rings. The number of likely N-dealkylation sites (tertiary alicyclic amines) is 1. The number of hydrogen-bond donors (Lipinski definition) is 0. The molecule has 4 rings (SSSR count). The van der Waals surface area contributed by atoms with E-state index < -0.39 is 0 Å². The van der Waals surface area contributed by atoms with Crippen molar-refractivity contribution in [3.63, 3.8) is 0 Å². The van der Waals surface area contributed by atoms with Crippen molar-refractivity contribution in [3.8, 4) is 5.75 Å². The van der Waals surface area contributed by atoms with Gasteiger partial charge in [0.15, 0.2) is 0 Å². The van der Waals surface area contributed by atoms with E-state index in [1.54, 1.807) is 7.11 Å². The van der Waals surface area contributed by atoms with Crippen LogP contribution in [0.5, 0.6) is 5.75 Å². The van der Waals surface area contributed by atoms with E-state index in [0.29, 0.717) is 18.3 Å². The Morgan fingerprint density at radius 1 is 1.20 bits per heavy atom. The number of piperidine rings is 1. The van der Waals surface area contributed by atoms with Gasteiger partial charge in [-0.25, -0.2) is 4.98 Å². The molecule has 1 aromatic heterocycles. The third-order valence-electron chi connectivity index (χ3n) is 6.57. The van der Waals surface area contributed by atoms with Crippen LogP contribution in [0.2, 0.25) is 0 Å². The number of amides is 1. The molecule has 0 aliphatic carbocycles. The fourth-order valence-electron chi connectivity index (χ4n) is 4.69. The molecule has 30 heavy (non-hydrogen) atoms. The van der Waals surface area contributed by atoms with Gasteiger partial charge in [0.2, 0.25) is 5.91 Å². The number of methoxy groups -OCH3 is 1. The Labute approximate surface area is 179 Å². The molecule has 0 saturated carbocycles.